The molecule has 13 heavy (non-hydrogen) atoms. The second-order valence-corrected chi connectivity index (χ2v) is 4.05. The van der Waals surface area contributed by atoms with Gasteiger partial charge < -0.3 is 0 Å². The van der Waals surface area contributed by atoms with Gasteiger partial charge in [0.15, 0.2) is 0 Å². The summed E-state index contributed by atoms with van der Waals surface area (Å²) in [5.41, 5.74) is 1.42. The molecule has 1 aliphatic rings. The predicted molar refractivity (Wildman–Crippen MR) is 55.6 cm³/mol. The zero-order chi connectivity index (χ0) is 9.68. The predicted octanol–water partition coefficient (Wildman–Crippen LogP) is 3.49. The van der Waals surface area contributed by atoms with Gasteiger partial charge in [0.2, 0.25) is 0 Å². The summed E-state index contributed by atoms with van der Waals surface area (Å²) in [6, 6.07) is 0. The molecule has 1 nitrogen and oxygen atoms in total. The van der Waals surface area contributed by atoms with Gasteiger partial charge in [0.25, 0.3) is 0 Å². The van der Waals surface area contributed by atoms with Gasteiger partial charge in [-0.15, -0.1) is 0 Å². The molecule has 0 heterocycles. The van der Waals surface area contributed by atoms with Crippen LogP contribution in [0.25, 0.3) is 0 Å². The summed E-state index contributed by atoms with van der Waals surface area (Å²) < 4.78 is 0. The largest absolute Gasteiger partial charge is 0.299 e. The Hall–Kier alpha value is -0.590. The Bertz CT molecular complexity index is 203. The fourth-order valence-corrected chi connectivity index (χ4v) is 1.79. The third kappa shape index (κ3) is 3.33. The SMILES string of the molecule is CC/C(C)=C\CC1CCCCC1=O. The van der Waals surface area contributed by atoms with E-state index >= 15 is 0 Å². The number of hydrogen-bond donors (Lipinski definition) is 0. The molecule has 0 aromatic rings. The van der Waals surface area contributed by atoms with E-state index in [0.29, 0.717) is 11.7 Å². The van der Waals surface area contributed by atoms with E-state index in [2.05, 4.69) is 19.9 Å². The van der Waals surface area contributed by atoms with E-state index in [1.807, 2.05) is 0 Å². The molecule has 1 aliphatic carbocycles. The Morgan fingerprint density at radius 2 is 2.31 bits per heavy atom. The molecule has 0 aliphatic heterocycles. The van der Waals surface area contributed by atoms with E-state index in [1.165, 1.54) is 12.0 Å². The topological polar surface area (TPSA) is 17.1 Å². The minimum absolute atomic E-state index is 0.343. The van der Waals surface area contributed by atoms with Crippen LogP contribution in [0.15, 0.2) is 11.6 Å². The first-order chi connectivity index (χ1) is 6.24. The monoisotopic (exact) mass is 180 g/mol. The van der Waals surface area contributed by atoms with Crippen molar-refractivity contribution in [1.29, 1.82) is 0 Å². The van der Waals surface area contributed by atoms with E-state index in [1.54, 1.807) is 0 Å². The van der Waals surface area contributed by atoms with Gasteiger partial charge in [-0.05, 0) is 32.6 Å². The maximum Gasteiger partial charge on any atom is 0.136 e. The molecule has 1 unspecified atom stereocenters. The number of carbonyl (C=O) groups excluding carboxylic acids is 1. The van der Waals surface area contributed by atoms with Crippen LogP contribution in [0.5, 0.6) is 0 Å². The fourth-order valence-electron chi connectivity index (χ4n) is 1.79. The summed E-state index contributed by atoms with van der Waals surface area (Å²) in [6.45, 7) is 4.31. The van der Waals surface area contributed by atoms with Crippen molar-refractivity contribution in [1.82, 2.24) is 0 Å². The lowest BCUT2D eigenvalue weighted by Gasteiger charge is -2.18. The first-order valence-corrected chi connectivity index (χ1v) is 5.42. The molecule has 0 aromatic heterocycles. The third-order valence-electron chi connectivity index (χ3n) is 2.99. The molecule has 0 radical (unpaired) electrons. The van der Waals surface area contributed by atoms with Gasteiger partial charge in [-0.2, -0.15) is 0 Å². The highest BCUT2D eigenvalue weighted by Gasteiger charge is 2.20. The maximum absolute atomic E-state index is 11.5. The minimum atomic E-state index is 0.343. The zero-order valence-electron chi connectivity index (χ0n) is 8.81. The Labute approximate surface area is 81.2 Å². The lowest BCUT2D eigenvalue weighted by atomic mass is 9.85. The van der Waals surface area contributed by atoms with Crippen molar-refractivity contribution in [3.63, 3.8) is 0 Å². The maximum atomic E-state index is 11.5. The van der Waals surface area contributed by atoms with E-state index in [0.717, 1.165) is 32.1 Å². The van der Waals surface area contributed by atoms with Crippen molar-refractivity contribution in [3.8, 4) is 0 Å². The van der Waals surface area contributed by atoms with Crippen LogP contribution in [0.1, 0.15) is 52.4 Å². The Kier molecular flexibility index (Phi) is 4.20. The molecule has 0 N–H and O–H groups in total. The summed E-state index contributed by atoms with van der Waals surface area (Å²) in [7, 11) is 0. The normalized spacial score (nSPS) is 24.9. The first-order valence-electron chi connectivity index (χ1n) is 5.42. The third-order valence-corrected chi connectivity index (χ3v) is 2.99. The summed E-state index contributed by atoms with van der Waals surface area (Å²) >= 11 is 0. The van der Waals surface area contributed by atoms with Crippen LogP contribution >= 0.6 is 0 Å². The summed E-state index contributed by atoms with van der Waals surface area (Å²) in [5, 5.41) is 0. The van der Waals surface area contributed by atoms with Gasteiger partial charge >= 0.3 is 0 Å². The number of allylic oxidation sites excluding steroid dienone is 2. The van der Waals surface area contributed by atoms with Crippen molar-refractivity contribution in [2.45, 2.75) is 52.4 Å². The number of rotatable bonds is 3. The fraction of sp³-hybridized carbons (Fsp3) is 0.750. The minimum Gasteiger partial charge on any atom is -0.299 e. The molecule has 0 aromatic carbocycles. The van der Waals surface area contributed by atoms with Gasteiger partial charge in [0.1, 0.15) is 5.78 Å². The molecule has 1 heteroatoms. The van der Waals surface area contributed by atoms with Crippen LogP contribution < -0.4 is 0 Å². The smallest absolute Gasteiger partial charge is 0.136 e. The van der Waals surface area contributed by atoms with Crippen LogP contribution in [0.2, 0.25) is 0 Å². The quantitative estimate of drug-likeness (QED) is 0.607. The average molecular weight is 180 g/mol. The van der Waals surface area contributed by atoms with Crippen molar-refractivity contribution in [2.24, 2.45) is 5.92 Å². The van der Waals surface area contributed by atoms with Gasteiger partial charge in [0.05, 0.1) is 0 Å². The first kappa shape index (κ1) is 10.5. The number of ketones is 1. The van der Waals surface area contributed by atoms with Crippen LogP contribution in [-0.2, 0) is 4.79 Å². The molecule has 0 bridgehead atoms. The van der Waals surface area contributed by atoms with E-state index in [4.69, 9.17) is 0 Å². The Morgan fingerprint density at radius 3 is 2.92 bits per heavy atom. The lowest BCUT2D eigenvalue weighted by Crippen LogP contribution is -2.18. The average Bonchev–Trinajstić information content (AvgIpc) is 2.16. The number of Topliss-reactive ketones (excluding diaryl/α,β-unsaturated/α-hetero) is 1. The number of carbonyl (C=O) groups is 1. The van der Waals surface area contributed by atoms with Gasteiger partial charge in [0, 0.05) is 12.3 Å². The van der Waals surface area contributed by atoms with Crippen molar-refractivity contribution in [3.05, 3.63) is 11.6 Å². The van der Waals surface area contributed by atoms with Crippen LogP contribution in [0, 0.1) is 5.92 Å². The molecular formula is C12H20O. The standard InChI is InChI=1S/C12H20O/c1-3-10(2)8-9-11-6-4-5-7-12(11)13/h8,11H,3-7,9H2,1-2H3/b10-8-. The van der Waals surface area contributed by atoms with Gasteiger partial charge in [-0.25, -0.2) is 0 Å². The molecule has 0 saturated heterocycles. The van der Waals surface area contributed by atoms with Crippen molar-refractivity contribution in [2.75, 3.05) is 0 Å². The summed E-state index contributed by atoms with van der Waals surface area (Å²) in [4.78, 5) is 11.5. The van der Waals surface area contributed by atoms with E-state index in [-0.39, 0.29) is 0 Å². The highest BCUT2D eigenvalue weighted by molar-refractivity contribution is 5.81. The van der Waals surface area contributed by atoms with Gasteiger partial charge in [-0.1, -0.05) is 25.0 Å². The van der Waals surface area contributed by atoms with Crippen LogP contribution in [0.3, 0.4) is 0 Å². The molecule has 0 spiro atoms. The second-order valence-electron chi connectivity index (χ2n) is 4.05. The van der Waals surface area contributed by atoms with Crippen molar-refractivity contribution < 1.29 is 4.79 Å². The van der Waals surface area contributed by atoms with Crippen molar-refractivity contribution >= 4 is 5.78 Å². The molecular weight excluding hydrogens is 160 g/mol. The van der Waals surface area contributed by atoms with E-state index in [9.17, 15) is 4.79 Å². The molecule has 1 saturated carbocycles. The number of hydrogen-bond acceptors (Lipinski definition) is 1. The molecule has 0 amide bonds. The second kappa shape index (κ2) is 5.21. The highest BCUT2D eigenvalue weighted by Crippen LogP contribution is 2.24. The van der Waals surface area contributed by atoms with Crippen LogP contribution in [0.4, 0.5) is 0 Å². The molecule has 1 rings (SSSR count). The zero-order valence-corrected chi connectivity index (χ0v) is 8.81. The van der Waals surface area contributed by atoms with Crippen LogP contribution in [-0.4, -0.2) is 5.78 Å². The molecule has 1 atom stereocenters. The van der Waals surface area contributed by atoms with E-state index < -0.39 is 0 Å². The Balaban J connectivity index is 2.39. The van der Waals surface area contributed by atoms with Gasteiger partial charge in [-0.3, -0.25) is 4.79 Å². The Morgan fingerprint density at radius 1 is 1.54 bits per heavy atom. The highest BCUT2D eigenvalue weighted by atomic mass is 16.1. The summed E-state index contributed by atoms with van der Waals surface area (Å²) in [5.74, 6) is 0.835. The molecule has 74 valence electrons. The molecule has 1 fully saturated rings. The summed E-state index contributed by atoms with van der Waals surface area (Å²) in [6.07, 6.45) is 8.64. The lowest BCUT2D eigenvalue weighted by molar-refractivity contribution is -0.124.